The molecule has 1 aromatic carbocycles. The number of carbonyl (C=O) groups is 1. The fourth-order valence-corrected chi connectivity index (χ4v) is 2.30. The van der Waals surface area contributed by atoms with Crippen molar-refractivity contribution in [2.24, 2.45) is 0 Å². The zero-order chi connectivity index (χ0) is 13.8. The summed E-state index contributed by atoms with van der Waals surface area (Å²) in [6, 6.07) is 8.57. The molecule has 0 aliphatic heterocycles. The number of pyridine rings is 1. The largest absolute Gasteiger partial charge is 0.322 e. The van der Waals surface area contributed by atoms with Gasteiger partial charge in [-0.3, -0.25) is 4.79 Å². The SMILES string of the molecule is CSc1ccc(Cl)c(C(=O)Nc2ccnc(Cl)c2)c1. The van der Waals surface area contributed by atoms with Crippen LogP contribution in [0.4, 0.5) is 5.69 Å². The van der Waals surface area contributed by atoms with Gasteiger partial charge in [0.15, 0.2) is 0 Å². The highest BCUT2D eigenvalue weighted by Gasteiger charge is 2.11. The first-order valence-corrected chi connectivity index (χ1v) is 7.34. The van der Waals surface area contributed by atoms with Crippen molar-refractivity contribution in [2.45, 2.75) is 4.90 Å². The standard InChI is InChI=1S/C13H10Cl2N2OS/c1-19-9-2-3-11(14)10(7-9)13(18)17-8-4-5-16-12(15)6-8/h2-7H,1H3,(H,16,17,18). The molecule has 19 heavy (non-hydrogen) atoms. The van der Waals surface area contributed by atoms with Crippen molar-refractivity contribution in [1.29, 1.82) is 0 Å². The van der Waals surface area contributed by atoms with E-state index in [1.165, 1.54) is 6.20 Å². The number of halogens is 2. The van der Waals surface area contributed by atoms with Gasteiger partial charge in [0, 0.05) is 16.8 Å². The summed E-state index contributed by atoms with van der Waals surface area (Å²) in [4.78, 5) is 17.0. The number of benzene rings is 1. The Balaban J connectivity index is 2.25. The van der Waals surface area contributed by atoms with Crippen molar-refractivity contribution in [3.8, 4) is 0 Å². The van der Waals surface area contributed by atoms with Crippen molar-refractivity contribution >= 4 is 46.6 Å². The summed E-state index contributed by atoms with van der Waals surface area (Å²) >= 11 is 13.3. The molecular weight excluding hydrogens is 303 g/mol. The third-order valence-electron chi connectivity index (χ3n) is 2.40. The highest BCUT2D eigenvalue weighted by atomic mass is 35.5. The van der Waals surface area contributed by atoms with Crippen LogP contribution in [0, 0.1) is 0 Å². The van der Waals surface area contributed by atoms with Gasteiger partial charge in [0.05, 0.1) is 10.6 Å². The van der Waals surface area contributed by atoms with Gasteiger partial charge in [-0.05, 0) is 36.6 Å². The number of nitrogens with one attached hydrogen (secondary N) is 1. The molecule has 98 valence electrons. The number of thioether (sulfide) groups is 1. The van der Waals surface area contributed by atoms with E-state index >= 15 is 0 Å². The number of amides is 1. The number of nitrogens with zero attached hydrogens (tertiary/aromatic N) is 1. The lowest BCUT2D eigenvalue weighted by Gasteiger charge is -2.08. The van der Waals surface area contributed by atoms with E-state index < -0.39 is 0 Å². The minimum absolute atomic E-state index is 0.275. The maximum absolute atomic E-state index is 12.1. The van der Waals surface area contributed by atoms with Gasteiger partial charge in [-0.25, -0.2) is 4.98 Å². The van der Waals surface area contributed by atoms with Crippen LogP contribution in [-0.4, -0.2) is 17.1 Å². The van der Waals surface area contributed by atoms with Crippen LogP contribution >= 0.6 is 35.0 Å². The number of hydrogen-bond acceptors (Lipinski definition) is 3. The minimum atomic E-state index is -0.275. The second kappa shape index (κ2) is 6.28. The second-order valence-corrected chi connectivity index (χ2v) is 5.34. The van der Waals surface area contributed by atoms with Crippen LogP contribution in [0.2, 0.25) is 10.2 Å². The Bertz CT molecular complexity index is 619. The monoisotopic (exact) mass is 312 g/mol. The quantitative estimate of drug-likeness (QED) is 0.676. The van der Waals surface area contributed by atoms with Gasteiger partial charge in [-0.1, -0.05) is 23.2 Å². The molecule has 0 atom stereocenters. The molecule has 2 rings (SSSR count). The molecule has 0 radical (unpaired) electrons. The molecule has 0 saturated heterocycles. The van der Waals surface area contributed by atoms with Crippen LogP contribution < -0.4 is 5.32 Å². The molecule has 1 N–H and O–H groups in total. The first-order chi connectivity index (χ1) is 9.10. The number of rotatable bonds is 3. The van der Waals surface area contributed by atoms with Crippen LogP contribution in [0.1, 0.15) is 10.4 Å². The molecule has 6 heteroatoms. The van der Waals surface area contributed by atoms with Crippen molar-refractivity contribution in [1.82, 2.24) is 4.98 Å². The molecule has 0 unspecified atom stereocenters. The average molecular weight is 313 g/mol. The van der Waals surface area contributed by atoms with Gasteiger partial charge in [-0.15, -0.1) is 11.8 Å². The smallest absolute Gasteiger partial charge is 0.257 e. The first kappa shape index (κ1) is 14.2. The second-order valence-electron chi connectivity index (χ2n) is 3.67. The van der Waals surface area contributed by atoms with Crippen LogP contribution in [0.25, 0.3) is 0 Å². The number of aromatic nitrogens is 1. The average Bonchev–Trinajstić information content (AvgIpc) is 2.39. The molecule has 0 spiro atoms. The predicted octanol–water partition coefficient (Wildman–Crippen LogP) is 4.36. The Morgan fingerprint density at radius 2 is 2.05 bits per heavy atom. The number of anilines is 1. The van der Waals surface area contributed by atoms with E-state index in [1.54, 1.807) is 36.0 Å². The van der Waals surface area contributed by atoms with E-state index in [0.717, 1.165) is 4.90 Å². The zero-order valence-electron chi connectivity index (χ0n) is 9.98. The molecule has 1 amide bonds. The Kier molecular flexibility index (Phi) is 4.69. The summed E-state index contributed by atoms with van der Waals surface area (Å²) in [6.45, 7) is 0. The van der Waals surface area contributed by atoms with Gasteiger partial charge in [0.2, 0.25) is 0 Å². The third kappa shape index (κ3) is 3.62. The molecule has 2 aromatic rings. The van der Waals surface area contributed by atoms with Crippen LogP contribution in [0.15, 0.2) is 41.4 Å². The Morgan fingerprint density at radius 3 is 2.74 bits per heavy atom. The summed E-state index contributed by atoms with van der Waals surface area (Å²) in [5.74, 6) is -0.275. The van der Waals surface area contributed by atoms with Crippen molar-refractivity contribution < 1.29 is 4.79 Å². The first-order valence-electron chi connectivity index (χ1n) is 5.36. The van der Waals surface area contributed by atoms with Gasteiger partial charge in [0.1, 0.15) is 5.15 Å². The summed E-state index contributed by atoms with van der Waals surface area (Å²) in [6.07, 6.45) is 3.46. The van der Waals surface area contributed by atoms with E-state index in [2.05, 4.69) is 10.3 Å². The topological polar surface area (TPSA) is 42.0 Å². The van der Waals surface area contributed by atoms with E-state index in [1.807, 2.05) is 12.3 Å². The molecule has 0 bridgehead atoms. The van der Waals surface area contributed by atoms with E-state index in [0.29, 0.717) is 21.4 Å². The highest BCUT2D eigenvalue weighted by molar-refractivity contribution is 7.98. The third-order valence-corrected chi connectivity index (χ3v) is 3.66. The van der Waals surface area contributed by atoms with Gasteiger partial charge in [-0.2, -0.15) is 0 Å². The fourth-order valence-electron chi connectivity index (χ4n) is 1.48. The maximum Gasteiger partial charge on any atom is 0.257 e. The van der Waals surface area contributed by atoms with Crippen LogP contribution in [0.3, 0.4) is 0 Å². The zero-order valence-corrected chi connectivity index (χ0v) is 12.3. The van der Waals surface area contributed by atoms with E-state index in [-0.39, 0.29) is 5.91 Å². The normalized spacial score (nSPS) is 10.3. The Hall–Kier alpha value is -1.23. The molecular formula is C13H10Cl2N2OS. The molecule has 1 heterocycles. The van der Waals surface area contributed by atoms with Gasteiger partial charge in [0.25, 0.3) is 5.91 Å². The Morgan fingerprint density at radius 1 is 1.26 bits per heavy atom. The predicted molar refractivity (Wildman–Crippen MR) is 80.4 cm³/mol. The molecule has 0 aliphatic carbocycles. The van der Waals surface area contributed by atoms with Crippen LogP contribution in [0.5, 0.6) is 0 Å². The Labute approximate surface area is 125 Å². The van der Waals surface area contributed by atoms with E-state index in [9.17, 15) is 4.79 Å². The molecule has 3 nitrogen and oxygen atoms in total. The minimum Gasteiger partial charge on any atom is -0.322 e. The van der Waals surface area contributed by atoms with Crippen LogP contribution in [-0.2, 0) is 0 Å². The fraction of sp³-hybridized carbons (Fsp3) is 0.0769. The maximum atomic E-state index is 12.1. The summed E-state index contributed by atoms with van der Waals surface area (Å²) in [5, 5.41) is 3.47. The molecule has 0 saturated carbocycles. The van der Waals surface area contributed by atoms with E-state index in [4.69, 9.17) is 23.2 Å². The summed E-state index contributed by atoms with van der Waals surface area (Å²) in [7, 11) is 0. The number of hydrogen-bond donors (Lipinski definition) is 1. The lowest BCUT2D eigenvalue weighted by Crippen LogP contribution is -2.12. The van der Waals surface area contributed by atoms with Crippen molar-refractivity contribution in [3.05, 3.63) is 52.3 Å². The summed E-state index contributed by atoms with van der Waals surface area (Å²) in [5.41, 5.74) is 1.01. The van der Waals surface area contributed by atoms with Gasteiger partial charge < -0.3 is 5.32 Å². The molecule has 1 aromatic heterocycles. The highest BCUT2D eigenvalue weighted by Crippen LogP contribution is 2.24. The molecule has 0 fully saturated rings. The molecule has 0 aliphatic rings. The lowest BCUT2D eigenvalue weighted by atomic mass is 10.2. The van der Waals surface area contributed by atoms with Gasteiger partial charge >= 0.3 is 0 Å². The number of carbonyl (C=O) groups excluding carboxylic acids is 1. The van der Waals surface area contributed by atoms with Crippen molar-refractivity contribution in [3.63, 3.8) is 0 Å². The lowest BCUT2D eigenvalue weighted by molar-refractivity contribution is 0.102. The summed E-state index contributed by atoms with van der Waals surface area (Å²) < 4.78 is 0. The van der Waals surface area contributed by atoms with Crippen molar-refractivity contribution in [2.75, 3.05) is 11.6 Å².